The molecule has 0 spiro atoms. The summed E-state index contributed by atoms with van der Waals surface area (Å²) in [5.41, 5.74) is 3.90. The topological polar surface area (TPSA) is 103 Å². The Morgan fingerprint density at radius 3 is 2.54 bits per heavy atom. The van der Waals surface area contributed by atoms with Crippen molar-refractivity contribution < 1.29 is 17.9 Å². The maximum absolute atomic E-state index is 12.2. The van der Waals surface area contributed by atoms with Crippen molar-refractivity contribution in [3.05, 3.63) is 46.6 Å². The normalized spacial score (nSPS) is 11.6. The first-order valence-corrected chi connectivity index (χ1v) is 10.6. The van der Waals surface area contributed by atoms with Gasteiger partial charge in [0.05, 0.1) is 24.6 Å². The Labute approximate surface area is 163 Å². The number of anilines is 1. The Hall–Kier alpha value is -2.94. The molecule has 0 radical (unpaired) electrons. The number of rotatable bonds is 5. The molecular weight excluding hydrogens is 380 g/mol. The van der Waals surface area contributed by atoms with Crippen LogP contribution in [-0.4, -0.2) is 42.0 Å². The summed E-state index contributed by atoms with van der Waals surface area (Å²) in [6.45, 7) is 7.77. The highest BCUT2D eigenvalue weighted by Crippen LogP contribution is 2.27. The molecule has 2 aromatic heterocycles. The van der Waals surface area contributed by atoms with Gasteiger partial charge in [0, 0.05) is 5.39 Å². The fraction of sp³-hybridized carbons (Fsp3) is 0.316. The summed E-state index contributed by atoms with van der Waals surface area (Å²) in [5.74, 6) is -0.264. The molecule has 1 aromatic carbocycles. The summed E-state index contributed by atoms with van der Waals surface area (Å²) in [6.07, 6.45) is 2.28. The van der Waals surface area contributed by atoms with Crippen molar-refractivity contribution in [1.29, 1.82) is 0 Å². The SMILES string of the molecule is CCOC(=O)c1cnn(-c2cc(C)c3cc(C)cc(C)c3n2)c1NS(C)(=O)=O. The zero-order chi connectivity index (χ0) is 20.6. The molecule has 3 aromatic rings. The standard InChI is InChI=1S/C19H22N4O4S/c1-6-27-19(24)15-10-20-23(18(15)22-28(5,25)26)16-9-12(3)14-8-11(2)7-13(4)17(14)21-16/h7-10,22H,6H2,1-5H3. The van der Waals surface area contributed by atoms with Gasteiger partial charge in [0.25, 0.3) is 0 Å². The van der Waals surface area contributed by atoms with E-state index < -0.39 is 16.0 Å². The van der Waals surface area contributed by atoms with Crippen LogP contribution in [-0.2, 0) is 14.8 Å². The number of nitrogens with one attached hydrogen (secondary N) is 1. The number of aryl methyl sites for hydroxylation is 3. The first-order chi connectivity index (χ1) is 13.1. The van der Waals surface area contributed by atoms with Gasteiger partial charge >= 0.3 is 5.97 Å². The third kappa shape index (κ3) is 3.84. The molecule has 0 saturated heterocycles. The molecule has 0 unspecified atom stereocenters. The van der Waals surface area contributed by atoms with Crippen molar-refractivity contribution in [2.75, 3.05) is 17.6 Å². The number of hydrogen-bond acceptors (Lipinski definition) is 6. The Bertz CT molecular complexity index is 1180. The second kappa shape index (κ2) is 7.23. The van der Waals surface area contributed by atoms with E-state index in [0.29, 0.717) is 5.82 Å². The van der Waals surface area contributed by atoms with Crippen molar-refractivity contribution in [2.45, 2.75) is 27.7 Å². The summed E-state index contributed by atoms with van der Waals surface area (Å²) >= 11 is 0. The minimum atomic E-state index is -3.66. The van der Waals surface area contributed by atoms with Crippen LogP contribution in [0.5, 0.6) is 0 Å². The fourth-order valence-corrected chi connectivity index (χ4v) is 3.64. The second-order valence-corrected chi connectivity index (χ2v) is 8.44. The number of benzene rings is 1. The first-order valence-electron chi connectivity index (χ1n) is 8.72. The fourth-order valence-electron chi connectivity index (χ4n) is 3.09. The van der Waals surface area contributed by atoms with E-state index in [0.717, 1.165) is 33.8 Å². The minimum absolute atomic E-state index is 0.00281. The molecular formula is C19H22N4O4S. The summed E-state index contributed by atoms with van der Waals surface area (Å²) in [5, 5.41) is 5.21. The van der Waals surface area contributed by atoms with Crippen molar-refractivity contribution in [2.24, 2.45) is 0 Å². The van der Waals surface area contributed by atoms with Crippen molar-refractivity contribution in [1.82, 2.24) is 14.8 Å². The lowest BCUT2D eigenvalue weighted by Crippen LogP contribution is -2.17. The molecule has 9 heteroatoms. The lowest BCUT2D eigenvalue weighted by molar-refractivity contribution is 0.0527. The van der Waals surface area contributed by atoms with E-state index in [9.17, 15) is 13.2 Å². The molecule has 28 heavy (non-hydrogen) atoms. The van der Waals surface area contributed by atoms with Crippen molar-refractivity contribution >= 4 is 32.7 Å². The smallest absolute Gasteiger partial charge is 0.343 e. The zero-order valence-electron chi connectivity index (χ0n) is 16.4. The molecule has 0 bridgehead atoms. The Morgan fingerprint density at radius 1 is 1.18 bits per heavy atom. The third-order valence-electron chi connectivity index (χ3n) is 4.21. The van der Waals surface area contributed by atoms with Gasteiger partial charge in [0.15, 0.2) is 11.6 Å². The maximum Gasteiger partial charge on any atom is 0.343 e. The van der Waals surface area contributed by atoms with Gasteiger partial charge < -0.3 is 4.74 Å². The molecule has 0 aliphatic carbocycles. The van der Waals surface area contributed by atoms with E-state index in [1.165, 1.54) is 10.9 Å². The number of aromatic nitrogens is 3. The lowest BCUT2D eigenvalue weighted by Gasteiger charge is -2.13. The van der Waals surface area contributed by atoms with Crippen LogP contribution in [0.15, 0.2) is 24.4 Å². The van der Waals surface area contributed by atoms with Crippen LogP contribution in [0.1, 0.15) is 34.0 Å². The second-order valence-electron chi connectivity index (χ2n) is 6.69. The molecule has 3 rings (SSSR count). The molecule has 0 aliphatic rings. The predicted octanol–water partition coefficient (Wildman–Crippen LogP) is 2.89. The first kappa shape index (κ1) is 19.8. The number of hydrogen-bond donors (Lipinski definition) is 1. The number of fused-ring (bicyclic) bond motifs is 1. The maximum atomic E-state index is 12.2. The van der Waals surface area contributed by atoms with Crippen LogP contribution < -0.4 is 4.72 Å². The molecule has 0 aliphatic heterocycles. The summed E-state index contributed by atoms with van der Waals surface area (Å²) in [4.78, 5) is 16.9. The van der Waals surface area contributed by atoms with Crippen LogP contribution >= 0.6 is 0 Å². The summed E-state index contributed by atoms with van der Waals surface area (Å²) < 4.78 is 32.4. The van der Waals surface area contributed by atoms with Gasteiger partial charge in [-0.25, -0.2) is 18.2 Å². The highest BCUT2D eigenvalue weighted by Gasteiger charge is 2.23. The Kier molecular flexibility index (Phi) is 5.12. The minimum Gasteiger partial charge on any atom is -0.462 e. The number of carbonyl (C=O) groups is 1. The van der Waals surface area contributed by atoms with Gasteiger partial charge in [0.1, 0.15) is 5.56 Å². The van der Waals surface area contributed by atoms with Gasteiger partial charge in [-0.05, 0) is 51.0 Å². The Balaban J connectivity index is 2.24. The van der Waals surface area contributed by atoms with E-state index in [1.54, 1.807) is 13.0 Å². The van der Waals surface area contributed by atoms with E-state index in [-0.39, 0.29) is 18.0 Å². The van der Waals surface area contributed by atoms with E-state index in [2.05, 4.69) is 20.9 Å². The van der Waals surface area contributed by atoms with Gasteiger partial charge in [-0.2, -0.15) is 9.78 Å². The molecule has 8 nitrogen and oxygen atoms in total. The van der Waals surface area contributed by atoms with E-state index in [4.69, 9.17) is 4.74 Å². The molecule has 148 valence electrons. The highest BCUT2D eigenvalue weighted by molar-refractivity contribution is 7.92. The molecule has 0 amide bonds. The average molecular weight is 402 g/mol. The number of pyridine rings is 1. The van der Waals surface area contributed by atoms with Crippen molar-refractivity contribution in [3.63, 3.8) is 0 Å². The van der Waals surface area contributed by atoms with Crippen LogP contribution in [0.2, 0.25) is 0 Å². The molecule has 0 atom stereocenters. The zero-order valence-corrected chi connectivity index (χ0v) is 17.2. The van der Waals surface area contributed by atoms with Gasteiger partial charge in [-0.1, -0.05) is 11.6 Å². The predicted molar refractivity (Wildman–Crippen MR) is 107 cm³/mol. The number of nitrogens with zero attached hydrogens (tertiary/aromatic N) is 3. The number of ether oxygens (including phenoxy) is 1. The molecule has 0 fully saturated rings. The van der Waals surface area contributed by atoms with E-state index in [1.807, 2.05) is 26.8 Å². The van der Waals surface area contributed by atoms with Gasteiger partial charge in [0.2, 0.25) is 10.0 Å². The van der Waals surface area contributed by atoms with Crippen molar-refractivity contribution in [3.8, 4) is 5.82 Å². The van der Waals surface area contributed by atoms with Crippen LogP contribution in [0.3, 0.4) is 0 Å². The van der Waals surface area contributed by atoms with Crippen LogP contribution in [0, 0.1) is 20.8 Å². The largest absolute Gasteiger partial charge is 0.462 e. The quantitative estimate of drug-likeness (QED) is 0.658. The van der Waals surface area contributed by atoms with Gasteiger partial charge in [-0.3, -0.25) is 4.72 Å². The molecule has 1 N–H and O–H groups in total. The average Bonchev–Trinajstić information content (AvgIpc) is 2.97. The lowest BCUT2D eigenvalue weighted by atomic mass is 10.0. The monoisotopic (exact) mass is 402 g/mol. The third-order valence-corrected chi connectivity index (χ3v) is 4.77. The summed E-state index contributed by atoms with van der Waals surface area (Å²) in [7, 11) is -3.66. The number of carbonyl (C=O) groups excluding carboxylic acids is 1. The molecule has 2 heterocycles. The van der Waals surface area contributed by atoms with Crippen LogP contribution in [0.4, 0.5) is 5.82 Å². The highest BCUT2D eigenvalue weighted by atomic mass is 32.2. The van der Waals surface area contributed by atoms with Gasteiger partial charge in [-0.15, -0.1) is 0 Å². The molecule has 0 saturated carbocycles. The summed E-state index contributed by atoms with van der Waals surface area (Å²) in [6, 6.07) is 5.88. The Morgan fingerprint density at radius 2 is 1.89 bits per heavy atom. The number of sulfonamides is 1. The van der Waals surface area contributed by atoms with Crippen LogP contribution in [0.25, 0.3) is 16.7 Å². The van der Waals surface area contributed by atoms with E-state index >= 15 is 0 Å². The number of esters is 1.